The van der Waals surface area contributed by atoms with Gasteiger partial charge in [0, 0.05) is 18.1 Å². The molecule has 0 bridgehead atoms. The van der Waals surface area contributed by atoms with Gasteiger partial charge in [-0.2, -0.15) is 0 Å². The summed E-state index contributed by atoms with van der Waals surface area (Å²) < 4.78 is 0. The van der Waals surface area contributed by atoms with E-state index in [4.69, 9.17) is 0 Å². The maximum atomic E-state index is 9.36. The minimum atomic E-state index is 0.341. The van der Waals surface area contributed by atoms with E-state index >= 15 is 0 Å². The largest absolute Gasteiger partial charge is 0.508 e. The highest BCUT2D eigenvalue weighted by Crippen LogP contribution is 2.29. The summed E-state index contributed by atoms with van der Waals surface area (Å²) in [6, 6.07) is 9.37. The molecule has 106 valence electrons. The van der Waals surface area contributed by atoms with Crippen molar-refractivity contribution in [1.82, 2.24) is 10.2 Å². The molecule has 1 saturated carbocycles. The molecule has 2 rings (SSSR count). The van der Waals surface area contributed by atoms with Gasteiger partial charge in [0.1, 0.15) is 5.75 Å². The summed E-state index contributed by atoms with van der Waals surface area (Å²) in [5.74, 6) is 0.341. The van der Waals surface area contributed by atoms with Crippen molar-refractivity contribution >= 4 is 0 Å². The molecule has 1 atom stereocenters. The van der Waals surface area contributed by atoms with Crippen LogP contribution in [0.1, 0.15) is 44.2 Å². The van der Waals surface area contributed by atoms with Crippen molar-refractivity contribution in [2.24, 2.45) is 0 Å². The third-order valence-corrected chi connectivity index (χ3v) is 4.67. The molecule has 1 aromatic rings. The summed E-state index contributed by atoms with van der Waals surface area (Å²) in [4.78, 5) is 2.48. The number of nitrogens with one attached hydrogen (secondary N) is 1. The van der Waals surface area contributed by atoms with E-state index in [0.717, 1.165) is 0 Å². The Labute approximate surface area is 116 Å². The molecule has 0 heterocycles. The number of rotatable bonds is 4. The number of phenols is 1. The van der Waals surface area contributed by atoms with Crippen molar-refractivity contribution in [2.75, 3.05) is 14.1 Å². The van der Waals surface area contributed by atoms with Crippen molar-refractivity contribution < 1.29 is 5.11 Å². The zero-order valence-corrected chi connectivity index (χ0v) is 12.3. The van der Waals surface area contributed by atoms with Crippen LogP contribution in [0, 0.1) is 0 Å². The maximum absolute atomic E-state index is 9.36. The molecule has 3 nitrogen and oxygen atoms in total. The lowest BCUT2D eigenvalue weighted by atomic mass is 9.89. The second-order valence-corrected chi connectivity index (χ2v) is 5.73. The molecule has 19 heavy (non-hydrogen) atoms. The molecule has 3 heteroatoms. The van der Waals surface area contributed by atoms with Crippen molar-refractivity contribution in [1.29, 1.82) is 0 Å². The molecule has 0 aromatic heterocycles. The van der Waals surface area contributed by atoms with Crippen LogP contribution in [0.5, 0.6) is 5.75 Å². The van der Waals surface area contributed by atoms with Gasteiger partial charge in [-0.1, -0.05) is 12.1 Å². The van der Waals surface area contributed by atoms with Gasteiger partial charge in [-0.05, 0) is 64.4 Å². The molecule has 1 aromatic carbocycles. The van der Waals surface area contributed by atoms with E-state index in [-0.39, 0.29) is 0 Å². The Bertz CT molecular complexity index is 382. The van der Waals surface area contributed by atoms with Crippen molar-refractivity contribution in [3.63, 3.8) is 0 Å². The zero-order valence-electron chi connectivity index (χ0n) is 12.3. The standard InChI is InChI=1S/C16H26N2O/c1-12(13-4-10-16(19)11-5-13)18(3)15-8-6-14(17-2)7-9-15/h4-5,10-12,14-15,17,19H,6-9H2,1-3H3. The van der Waals surface area contributed by atoms with Gasteiger partial charge in [-0.3, -0.25) is 4.90 Å². The Balaban J connectivity index is 1.95. The third-order valence-electron chi connectivity index (χ3n) is 4.67. The molecule has 0 saturated heterocycles. The molecular weight excluding hydrogens is 236 g/mol. The topological polar surface area (TPSA) is 35.5 Å². The van der Waals surface area contributed by atoms with E-state index in [1.807, 2.05) is 12.1 Å². The lowest BCUT2D eigenvalue weighted by molar-refractivity contribution is 0.136. The SMILES string of the molecule is CNC1CCC(N(C)C(C)c2ccc(O)cc2)CC1. The van der Waals surface area contributed by atoms with Crippen molar-refractivity contribution in [3.05, 3.63) is 29.8 Å². The predicted octanol–water partition coefficient (Wildman–Crippen LogP) is 2.92. The van der Waals surface area contributed by atoms with Gasteiger partial charge in [0.25, 0.3) is 0 Å². The number of phenolic OH excluding ortho intramolecular Hbond substituents is 1. The number of benzene rings is 1. The fraction of sp³-hybridized carbons (Fsp3) is 0.625. The Morgan fingerprint density at radius 3 is 2.26 bits per heavy atom. The van der Waals surface area contributed by atoms with Gasteiger partial charge in [0.05, 0.1) is 0 Å². The normalized spacial score (nSPS) is 25.5. The molecule has 1 aliphatic rings. The van der Waals surface area contributed by atoms with Crippen LogP contribution < -0.4 is 5.32 Å². The van der Waals surface area contributed by atoms with Crippen LogP contribution in [0.3, 0.4) is 0 Å². The van der Waals surface area contributed by atoms with Crippen LogP contribution in [0.4, 0.5) is 0 Å². The average molecular weight is 262 g/mol. The van der Waals surface area contributed by atoms with Gasteiger partial charge in [-0.15, -0.1) is 0 Å². The van der Waals surface area contributed by atoms with Gasteiger partial charge in [-0.25, -0.2) is 0 Å². The minimum Gasteiger partial charge on any atom is -0.508 e. The van der Waals surface area contributed by atoms with Crippen LogP contribution in [0.15, 0.2) is 24.3 Å². The second kappa shape index (κ2) is 6.40. The Kier molecular flexibility index (Phi) is 4.83. The molecule has 0 aliphatic heterocycles. The fourth-order valence-corrected chi connectivity index (χ4v) is 3.08. The lowest BCUT2D eigenvalue weighted by Gasteiger charge is -2.38. The molecule has 1 aliphatic carbocycles. The number of aromatic hydroxyl groups is 1. The number of nitrogens with zero attached hydrogens (tertiary/aromatic N) is 1. The van der Waals surface area contributed by atoms with Crippen molar-refractivity contribution in [3.8, 4) is 5.75 Å². The first-order valence-corrected chi connectivity index (χ1v) is 7.30. The highest BCUT2D eigenvalue weighted by molar-refractivity contribution is 5.27. The van der Waals surface area contributed by atoms with Crippen LogP contribution in [0.2, 0.25) is 0 Å². The Morgan fingerprint density at radius 2 is 1.74 bits per heavy atom. The first kappa shape index (κ1) is 14.4. The van der Waals surface area contributed by atoms with Crippen LogP contribution in [-0.4, -0.2) is 36.2 Å². The Hall–Kier alpha value is -1.06. The predicted molar refractivity (Wildman–Crippen MR) is 79.4 cm³/mol. The minimum absolute atomic E-state index is 0.341. The Morgan fingerprint density at radius 1 is 1.16 bits per heavy atom. The van der Waals surface area contributed by atoms with Gasteiger partial charge >= 0.3 is 0 Å². The molecule has 0 spiro atoms. The molecule has 0 radical (unpaired) electrons. The third kappa shape index (κ3) is 3.48. The monoisotopic (exact) mass is 262 g/mol. The number of hydrogen-bond acceptors (Lipinski definition) is 3. The van der Waals surface area contributed by atoms with Gasteiger partial charge in [0.15, 0.2) is 0 Å². The summed E-state index contributed by atoms with van der Waals surface area (Å²) in [6.07, 6.45) is 5.08. The first-order chi connectivity index (χ1) is 9.11. The quantitative estimate of drug-likeness (QED) is 0.876. The number of hydrogen-bond donors (Lipinski definition) is 2. The summed E-state index contributed by atoms with van der Waals surface area (Å²) in [5, 5.41) is 12.7. The first-order valence-electron chi connectivity index (χ1n) is 7.30. The molecule has 0 amide bonds. The smallest absolute Gasteiger partial charge is 0.115 e. The molecule has 1 unspecified atom stereocenters. The lowest BCUT2D eigenvalue weighted by Crippen LogP contribution is -2.40. The van der Waals surface area contributed by atoms with E-state index in [1.54, 1.807) is 12.1 Å². The zero-order chi connectivity index (χ0) is 13.8. The summed E-state index contributed by atoms with van der Waals surface area (Å²) >= 11 is 0. The summed E-state index contributed by atoms with van der Waals surface area (Å²) in [7, 11) is 4.29. The maximum Gasteiger partial charge on any atom is 0.115 e. The highest BCUT2D eigenvalue weighted by atomic mass is 16.3. The average Bonchev–Trinajstić information content (AvgIpc) is 2.46. The molecule has 1 fully saturated rings. The van der Waals surface area contributed by atoms with Crippen molar-refractivity contribution in [2.45, 2.75) is 50.7 Å². The highest BCUT2D eigenvalue weighted by Gasteiger charge is 2.26. The summed E-state index contributed by atoms with van der Waals surface area (Å²) in [5.41, 5.74) is 1.27. The van der Waals surface area contributed by atoms with E-state index in [1.165, 1.54) is 31.2 Å². The van der Waals surface area contributed by atoms with Crippen LogP contribution in [-0.2, 0) is 0 Å². The van der Waals surface area contributed by atoms with Gasteiger partial charge in [0.2, 0.25) is 0 Å². The van der Waals surface area contributed by atoms with Crippen LogP contribution >= 0.6 is 0 Å². The van der Waals surface area contributed by atoms with E-state index in [9.17, 15) is 5.11 Å². The fourth-order valence-electron chi connectivity index (χ4n) is 3.08. The molecule has 2 N–H and O–H groups in total. The van der Waals surface area contributed by atoms with Crippen LogP contribution in [0.25, 0.3) is 0 Å². The van der Waals surface area contributed by atoms with Gasteiger partial charge < -0.3 is 10.4 Å². The second-order valence-electron chi connectivity index (χ2n) is 5.73. The van der Waals surface area contributed by atoms with E-state index in [0.29, 0.717) is 23.9 Å². The van der Waals surface area contributed by atoms with E-state index < -0.39 is 0 Å². The van der Waals surface area contributed by atoms with E-state index in [2.05, 4.69) is 31.2 Å². The summed E-state index contributed by atoms with van der Waals surface area (Å²) in [6.45, 7) is 2.25. The molecular formula is C16H26N2O.